The van der Waals surface area contributed by atoms with Crippen LogP contribution in [0.4, 0.5) is 5.69 Å². The normalized spacial score (nSPS) is 10.1. The highest BCUT2D eigenvalue weighted by Gasteiger charge is 2.10. The molecule has 0 aliphatic heterocycles. The van der Waals surface area contributed by atoms with E-state index >= 15 is 0 Å². The SMILES string of the molecule is CC(=O)ON(C)c1cc2cccccc-2c1. The van der Waals surface area contributed by atoms with Crippen molar-refractivity contribution in [1.82, 2.24) is 0 Å². The summed E-state index contributed by atoms with van der Waals surface area (Å²) < 4.78 is 0. The van der Waals surface area contributed by atoms with Crippen LogP contribution in [0, 0.1) is 0 Å². The van der Waals surface area contributed by atoms with Gasteiger partial charge >= 0.3 is 5.97 Å². The molecule has 82 valence electrons. The van der Waals surface area contributed by atoms with Crippen molar-refractivity contribution in [2.75, 3.05) is 12.1 Å². The van der Waals surface area contributed by atoms with Crippen LogP contribution in [0.25, 0.3) is 11.1 Å². The van der Waals surface area contributed by atoms with Gasteiger partial charge in [0, 0.05) is 14.0 Å². The predicted molar refractivity (Wildman–Crippen MR) is 63.2 cm³/mol. The maximum absolute atomic E-state index is 10.8. The van der Waals surface area contributed by atoms with E-state index in [4.69, 9.17) is 4.84 Å². The van der Waals surface area contributed by atoms with Crippen LogP contribution in [-0.4, -0.2) is 13.0 Å². The first-order chi connectivity index (χ1) is 7.66. The van der Waals surface area contributed by atoms with Gasteiger partial charge in [-0.05, 0) is 23.3 Å². The fraction of sp³-hybridized carbons (Fsp3) is 0.154. The van der Waals surface area contributed by atoms with Crippen molar-refractivity contribution in [3.05, 3.63) is 42.5 Å². The molecule has 0 radical (unpaired) electrons. The second kappa shape index (κ2) is 4.23. The first-order valence-electron chi connectivity index (χ1n) is 5.08. The van der Waals surface area contributed by atoms with Gasteiger partial charge in [0.1, 0.15) is 0 Å². The summed E-state index contributed by atoms with van der Waals surface area (Å²) in [5.41, 5.74) is 3.12. The first-order valence-corrected chi connectivity index (χ1v) is 5.08. The van der Waals surface area contributed by atoms with Gasteiger partial charge in [0.25, 0.3) is 0 Å². The molecule has 0 N–H and O–H groups in total. The molecule has 0 spiro atoms. The minimum absolute atomic E-state index is 0.321. The quantitative estimate of drug-likeness (QED) is 0.721. The Hall–Kier alpha value is -2.03. The second-order valence-electron chi connectivity index (χ2n) is 3.62. The Labute approximate surface area is 94.6 Å². The number of anilines is 1. The third-order valence-corrected chi connectivity index (χ3v) is 2.34. The molecule has 16 heavy (non-hydrogen) atoms. The minimum Gasteiger partial charge on any atom is -0.341 e. The molecule has 2 aliphatic carbocycles. The largest absolute Gasteiger partial charge is 0.341 e. The lowest BCUT2D eigenvalue weighted by atomic mass is 10.2. The van der Waals surface area contributed by atoms with E-state index in [1.54, 1.807) is 7.05 Å². The molecule has 0 atom stereocenters. The molecule has 0 saturated carbocycles. The van der Waals surface area contributed by atoms with Gasteiger partial charge in [-0.1, -0.05) is 30.3 Å². The third kappa shape index (κ3) is 2.14. The van der Waals surface area contributed by atoms with E-state index in [2.05, 4.69) is 0 Å². The van der Waals surface area contributed by atoms with E-state index in [-0.39, 0.29) is 5.97 Å². The average Bonchev–Trinajstić information content (AvgIpc) is 2.49. The highest BCUT2D eigenvalue weighted by atomic mass is 16.7. The molecule has 0 aromatic heterocycles. The lowest BCUT2D eigenvalue weighted by Gasteiger charge is -2.14. The zero-order valence-electron chi connectivity index (χ0n) is 9.31. The van der Waals surface area contributed by atoms with Crippen molar-refractivity contribution in [2.45, 2.75) is 6.92 Å². The molecule has 2 aliphatic rings. The molecule has 2 rings (SSSR count). The molecule has 0 fully saturated rings. The van der Waals surface area contributed by atoms with Crippen LogP contribution in [0.5, 0.6) is 0 Å². The van der Waals surface area contributed by atoms with Crippen molar-refractivity contribution in [2.24, 2.45) is 0 Å². The van der Waals surface area contributed by atoms with E-state index < -0.39 is 0 Å². The number of rotatable bonds is 2. The number of carbonyl (C=O) groups is 1. The van der Waals surface area contributed by atoms with Crippen LogP contribution in [-0.2, 0) is 9.63 Å². The van der Waals surface area contributed by atoms with Crippen LogP contribution < -0.4 is 5.06 Å². The summed E-state index contributed by atoms with van der Waals surface area (Å²) in [4.78, 5) is 15.8. The summed E-state index contributed by atoms with van der Waals surface area (Å²) in [7, 11) is 1.72. The molecule has 0 unspecified atom stereocenters. The Morgan fingerprint density at radius 3 is 2.19 bits per heavy atom. The van der Waals surface area contributed by atoms with E-state index in [0.717, 1.165) is 16.8 Å². The average molecular weight is 215 g/mol. The van der Waals surface area contributed by atoms with Gasteiger partial charge in [0.2, 0.25) is 0 Å². The van der Waals surface area contributed by atoms with Crippen LogP contribution >= 0.6 is 0 Å². The maximum atomic E-state index is 10.8. The van der Waals surface area contributed by atoms with Gasteiger partial charge in [-0.15, -0.1) is 0 Å². The molecule has 0 aromatic rings. The molecule has 0 amide bonds. The van der Waals surface area contributed by atoms with Crippen molar-refractivity contribution in [1.29, 1.82) is 0 Å². The molecule has 0 saturated heterocycles. The fourth-order valence-corrected chi connectivity index (χ4v) is 1.63. The standard InChI is InChI=1S/C13H13NO2/c1-10(15)16-14(2)13-8-11-6-4-3-5-7-12(11)9-13/h3-9H,1-2H3. The van der Waals surface area contributed by atoms with Crippen LogP contribution in [0.2, 0.25) is 0 Å². The van der Waals surface area contributed by atoms with E-state index in [9.17, 15) is 4.79 Å². The van der Waals surface area contributed by atoms with Crippen LogP contribution in [0.1, 0.15) is 6.92 Å². The second-order valence-corrected chi connectivity index (χ2v) is 3.62. The summed E-state index contributed by atoms with van der Waals surface area (Å²) in [6.07, 6.45) is 0. The predicted octanol–water partition coefficient (Wildman–Crippen LogP) is 2.71. The number of fused-ring (bicyclic) bond motifs is 1. The van der Waals surface area contributed by atoms with Gasteiger partial charge in [-0.3, -0.25) is 4.79 Å². The summed E-state index contributed by atoms with van der Waals surface area (Å²) in [6, 6.07) is 14.0. The van der Waals surface area contributed by atoms with Crippen molar-refractivity contribution >= 4 is 11.7 Å². The summed E-state index contributed by atoms with van der Waals surface area (Å²) in [5, 5.41) is 1.47. The van der Waals surface area contributed by atoms with E-state index in [0.29, 0.717) is 0 Å². The number of nitrogens with zero attached hydrogens (tertiary/aromatic N) is 1. The zero-order valence-corrected chi connectivity index (χ0v) is 9.31. The smallest absolute Gasteiger partial charge is 0.329 e. The van der Waals surface area contributed by atoms with Crippen molar-refractivity contribution in [3.63, 3.8) is 0 Å². The highest BCUT2D eigenvalue weighted by molar-refractivity contribution is 5.76. The Kier molecular flexibility index (Phi) is 2.77. The van der Waals surface area contributed by atoms with E-state index in [1.165, 1.54) is 12.0 Å². The van der Waals surface area contributed by atoms with Gasteiger partial charge in [-0.25, -0.2) is 5.06 Å². The summed E-state index contributed by atoms with van der Waals surface area (Å²) >= 11 is 0. The number of hydrogen-bond acceptors (Lipinski definition) is 3. The molecule has 0 heterocycles. The van der Waals surface area contributed by atoms with Gasteiger partial charge in [-0.2, -0.15) is 0 Å². The monoisotopic (exact) mass is 215 g/mol. The fourth-order valence-electron chi connectivity index (χ4n) is 1.63. The molecule has 3 heteroatoms. The molecular weight excluding hydrogens is 202 g/mol. The Morgan fingerprint density at radius 2 is 1.69 bits per heavy atom. The van der Waals surface area contributed by atoms with E-state index in [1.807, 2.05) is 42.5 Å². The van der Waals surface area contributed by atoms with Crippen LogP contribution in [0.3, 0.4) is 0 Å². The van der Waals surface area contributed by atoms with Crippen molar-refractivity contribution in [3.8, 4) is 11.1 Å². The third-order valence-electron chi connectivity index (χ3n) is 2.34. The topological polar surface area (TPSA) is 29.5 Å². The zero-order chi connectivity index (χ0) is 11.5. The Balaban J connectivity index is 2.33. The maximum Gasteiger partial charge on any atom is 0.329 e. The Bertz CT molecular complexity index is 451. The van der Waals surface area contributed by atoms with Gasteiger partial charge in [0.05, 0.1) is 5.69 Å². The highest BCUT2D eigenvalue weighted by Crippen LogP contribution is 2.29. The number of carbonyl (C=O) groups excluding carboxylic acids is 1. The van der Waals surface area contributed by atoms with Crippen molar-refractivity contribution < 1.29 is 9.63 Å². The first kappa shape index (κ1) is 10.5. The van der Waals surface area contributed by atoms with Crippen LogP contribution in [0.15, 0.2) is 42.5 Å². The molecule has 0 bridgehead atoms. The summed E-state index contributed by atoms with van der Waals surface area (Å²) in [6.45, 7) is 1.39. The number of hydroxylamine groups is 1. The van der Waals surface area contributed by atoms with Gasteiger partial charge < -0.3 is 4.84 Å². The lowest BCUT2D eigenvalue weighted by Crippen LogP contribution is -2.19. The molecule has 0 aromatic carbocycles. The number of hydrogen-bond donors (Lipinski definition) is 0. The molecule has 3 nitrogen and oxygen atoms in total. The molecular formula is C13H13NO2. The summed E-state index contributed by atoms with van der Waals surface area (Å²) in [5.74, 6) is -0.321. The minimum atomic E-state index is -0.321. The lowest BCUT2D eigenvalue weighted by molar-refractivity contribution is -0.141. The van der Waals surface area contributed by atoms with Gasteiger partial charge in [0.15, 0.2) is 0 Å². The Morgan fingerprint density at radius 1 is 1.12 bits per heavy atom.